The molecule has 2 amide bonds. The third kappa shape index (κ3) is 3.79. The Morgan fingerprint density at radius 2 is 2.14 bits per heavy atom. The normalized spacial score (nSPS) is 18.1. The number of ketones is 1. The maximum Gasteiger partial charge on any atom is 0.334 e. The molecule has 1 aliphatic heterocycles. The van der Waals surface area contributed by atoms with E-state index in [2.05, 4.69) is 5.32 Å². The molecule has 1 aliphatic rings. The number of urea groups is 1. The maximum absolute atomic E-state index is 12.1. The van der Waals surface area contributed by atoms with Crippen molar-refractivity contribution < 1.29 is 24.2 Å². The van der Waals surface area contributed by atoms with Crippen molar-refractivity contribution in [1.29, 1.82) is 0 Å². The van der Waals surface area contributed by atoms with E-state index >= 15 is 0 Å². The Bertz CT molecular complexity index is 572. The molecule has 0 radical (unpaired) electrons. The number of nitrogens with one attached hydrogen (secondary N) is 1. The topological polar surface area (TPSA) is 95.9 Å². The van der Waals surface area contributed by atoms with Gasteiger partial charge >= 0.3 is 12.0 Å². The summed E-state index contributed by atoms with van der Waals surface area (Å²) in [6.07, 6.45) is -1.01. The van der Waals surface area contributed by atoms with Gasteiger partial charge < -0.3 is 20.1 Å². The predicted molar refractivity (Wildman–Crippen MR) is 74.4 cm³/mol. The van der Waals surface area contributed by atoms with Crippen LogP contribution in [0.3, 0.4) is 0 Å². The fourth-order valence-corrected chi connectivity index (χ4v) is 2.00. The maximum atomic E-state index is 12.1. The third-order valence-electron chi connectivity index (χ3n) is 3.15. The standard InChI is InChI=1S/C14H16N2O5/c1-9(17)10-3-2-4-11(7-10)15-14(20)16-5-6-21-12(8-16)13(18)19/h2-4,7,12H,5-6,8H2,1H3,(H,15,20)(H,18,19). The van der Waals surface area contributed by atoms with Crippen molar-refractivity contribution in [3.05, 3.63) is 29.8 Å². The largest absolute Gasteiger partial charge is 0.479 e. The van der Waals surface area contributed by atoms with E-state index in [0.29, 0.717) is 17.8 Å². The van der Waals surface area contributed by atoms with Crippen LogP contribution in [0.25, 0.3) is 0 Å². The zero-order valence-electron chi connectivity index (χ0n) is 11.5. The Hall–Kier alpha value is -2.41. The molecule has 0 aromatic heterocycles. The molecule has 0 saturated carbocycles. The number of hydrogen-bond donors (Lipinski definition) is 2. The van der Waals surface area contributed by atoms with Crippen LogP contribution in [-0.2, 0) is 9.53 Å². The summed E-state index contributed by atoms with van der Waals surface area (Å²) < 4.78 is 5.05. The number of ether oxygens (including phenoxy) is 1. The van der Waals surface area contributed by atoms with Gasteiger partial charge in [0, 0.05) is 17.8 Å². The summed E-state index contributed by atoms with van der Waals surface area (Å²) in [6.45, 7) is 1.94. The molecule has 7 heteroatoms. The number of anilines is 1. The van der Waals surface area contributed by atoms with Gasteiger partial charge in [0.15, 0.2) is 11.9 Å². The molecule has 0 spiro atoms. The van der Waals surface area contributed by atoms with Crippen molar-refractivity contribution in [2.45, 2.75) is 13.0 Å². The van der Waals surface area contributed by atoms with E-state index in [1.54, 1.807) is 24.3 Å². The van der Waals surface area contributed by atoms with Crippen molar-refractivity contribution in [2.24, 2.45) is 0 Å². The Morgan fingerprint density at radius 3 is 2.81 bits per heavy atom. The highest BCUT2D eigenvalue weighted by Gasteiger charge is 2.28. The minimum Gasteiger partial charge on any atom is -0.479 e. The fourth-order valence-electron chi connectivity index (χ4n) is 2.00. The molecular weight excluding hydrogens is 276 g/mol. The third-order valence-corrected chi connectivity index (χ3v) is 3.15. The quantitative estimate of drug-likeness (QED) is 0.816. The van der Waals surface area contributed by atoms with Gasteiger partial charge in [-0.3, -0.25) is 4.79 Å². The van der Waals surface area contributed by atoms with E-state index in [1.807, 2.05) is 0 Å². The monoisotopic (exact) mass is 292 g/mol. The van der Waals surface area contributed by atoms with Crippen LogP contribution in [-0.4, -0.2) is 53.6 Å². The second kappa shape index (κ2) is 6.36. The van der Waals surface area contributed by atoms with E-state index < -0.39 is 18.1 Å². The highest BCUT2D eigenvalue weighted by Crippen LogP contribution is 2.13. The lowest BCUT2D eigenvalue weighted by molar-refractivity contribution is -0.154. The first-order valence-electron chi connectivity index (χ1n) is 6.48. The average molecular weight is 292 g/mol. The van der Waals surface area contributed by atoms with E-state index in [1.165, 1.54) is 11.8 Å². The lowest BCUT2D eigenvalue weighted by atomic mass is 10.1. The number of aliphatic carboxylic acids is 1. The number of carbonyl (C=O) groups is 3. The molecular formula is C14H16N2O5. The van der Waals surface area contributed by atoms with Crippen LogP contribution in [0.1, 0.15) is 17.3 Å². The van der Waals surface area contributed by atoms with Crippen molar-refractivity contribution in [3.8, 4) is 0 Å². The predicted octanol–water partition coefficient (Wildman–Crippen LogP) is 1.21. The first kappa shape index (κ1) is 15.0. The SMILES string of the molecule is CC(=O)c1cccc(NC(=O)N2CCOC(C(=O)O)C2)c1. The number of amides is 2. The van der Waals surface area contributed by atoms with Crippen LogP contribution in [0, 0.1) is 0 Å². The molecule has 0 aliphatic carbocycles. The van der Waals surface area contributed by atoms with Crippen LogP contribution in [0.5, 0.6) is 0 Å². The van der Waals surface area contributed by atoms with E-state index in [0.717, 1.165) is 0 Å². The molecule has 1 heterocycles. The summed E-state index contributed by atoms with van der Waals surface area (Å²) in [7, 11) is 0. The van der Waals surface area contributed by atoms with Crippen molar-refractivity contribution in [3.63, 3.8) is 0 Å². The Kier molecular flexibility index (Phi) is 4.54. The molecule has 21 heavy (non-hydrogen) atoms. The van der Waals surface area contributed by atoms with E-state index in [4.69, 9.17) is 9.84 Å². The summed E-state index contributed by atoms with van der Waals surface area (Å²) in [6, 6.07) is 6.17. The van der Waals surface area contributed by atoms with Gasteiger partial charge in [-0.2, -0.15) is 0 Å². The van der Waals surface area contributed by atoms with Gasteiger partial charge in [0.05, 0.1) is 13.2 Å². The molecule has 2 rings (SSSR count). The van der Waals surface area contributed by atoms with Gasteiger partial charge in [-0.25, -0.2) is 9.59 Å². The molecule has 1 saturated heterocycles. The van der Waals surface area contributed by atoms with Crippen LogP contribution < -0.4 is 5.32 Å². The number of nitrogens with zero attached hydrogens (tertiary/aromatic N) is 1. The number of benzene rings is 1. The summed E-state index contributed by atoms with van der Waals surface area (Å²) >= 11 is 0. The molecule has 1 atom stereocenters. The lowest BCUT2D eigenvalue weighted by Crippen LogP contribution is -2.49. The van der Waals surface area contributed by atoms with E-state index in [9.17, 15) is 14.4 Å². The number of carboxylic acids is 1. The minimum absolute atomic E-state index is 0.00638. The van der Waals surface area contributed by atoms with Gasteiger partial charge in [-0.05, 0) is 19.1 Å². The molecule has 0 bridgehead atoms. The van der Waals surface area contributed by atoms with Gasteiger partial charge in [0.25, 0.3) is 0 Å². The summed E-state index contributed by atoms with van der Waals surface area (Å²) in [5.74, 6) is -1.19. The number of carbonyl (C=O) groups excluding carboxylic acids is 2. The molecule has 1 aromatic carbocycles. The average Bonchev–Trinajstić information content (AvgIpc) is 2.47. The Balaban J connectivity index is 2.02. The van der Waals surface area contributed by atoms with Gasteiger partial charge in [-0.1, -0.05) is 12.1 Å². The van der Waals surface area contributed by atoms with Crippen LogP contribution in [0.4, 0.5) is 10.5 Å². The summed E-state index contributed by atoms with van der Waals surface area (Å²) in [5.41, 5.74) is 0.990. The van der Waals surface area contributed by atoms with Crippen molar-refractivity contribution in [1.82, 2.24) is 4.90 Å². The Labute approximate surface area is 121 Å². The molecule has 2 N–H and O–H groups in total. The second-order valence-electron chi connectivity index (χ2n) is 4.71. The second-order valence-corrected chi connectivity index (χ2v) is 4.71. The van der Waals surface area contributed by atoms with Gasteiger partial charge in [-0.15, -0.1) is 0 Å². The van der Waals surface area contributed by atoms with Crippen LogP contribution in [0.2, 0.25) is 0 Å². The Morgan fingerprint density at radius 1 is 1.38 bits per heavy atom. The minimum atomic E-state index is -1.09. The number of carboxylic acid groups (broad SMARTS) is 1. The van der Waals surface area contributed by atoms with Crippen LogP contribution in [0.15, 0.2) is 24.3 Å². The number of Topliss-reactive ketones (excluding diaryl/α,β-unsaturated/α-hetero) is 1. The molecule has 1 aromatic rings. The lowest BCUT2D eigenvalue weighted by Gasteiger charge is -2.30. The number of morpholine rings is 1. The smallest absolute Gasteiger partial charge is 0.334 e. The van der Waals surface area contributed by atoms with Gasteiger partial charge in [0.1, 0.15) is 0 Å². The van der Waals surface area contributed by atoms with Gasteiger partial charge in [0.2, 0.25) is 0 Å². The molecule has 112 valence electrons. The highest BCUT2D eigenvalue weighted by molar-refractivity contribution is 5.96. The summed E-state index contributed by atoms with van der Waals surface area (Å²) in [4.78, 5) is 35.7. The highest BCUT2D eigenvalue weighted by atomic mass is 16.5. The molecule has 1 fully saturated rings. The number of rotatable bonds is 3. The van der Waals surface area contributed by atoms with Crippen LogP contribution >= 0.6 is 0 Å². The van der Waals surface area contributed by atoms with E-state index in [-0.39, 0.29) is 18.9 Å². The fraction of sp³-hybridized carbons (Fsp3) is 0.357. The first-order valence-corrected chi connectivity index (χ1v) is 6.48. The zero-order chi connectivity index (χ0) is 15.4. The van der Waals surface area contributed by atoms with Crippen molar-refractivity contribution in [2.75, 3.05) is 25.0 Å². The summed E-state index contributed by atoms with van der Waals surface area (Å²) in [5, 5.41) is 11.6. The molecule has 7 nitrogen and oxygen atoms in total. The first-order chi connectivity index (χ1) is 9.97. The molecule has 1 unspecified atom stereocenters. The van der Waals surface area contributed by atoms with Crippen molar-refractivity contribution >= 4 is 23.5 Å². The number of hydrogen-bond acceptors (Lipinski definition) is 4. The zero-order valence-corrected chi connectivity index (χ0v) is 11.5.